The minimum Gasteiger partial charge on any atom is -0.497 e. The minimum absolute atomic E-state index is 0.0333. The van der Waals surface area contributed by atoms with Crippen LogP contribution in [0.1, 0.15) is 17.2 Å². The van der Waals surface area contributed by atoms with E-state index in [1.165, 1.54) is 12.0 Å². The van der Waals surface area contributed by atoms with E-state index in [0.29, 0.717) is 17.1 Å². The van der Waals surface area contributed by atoms with Crippen LogP contribution >= 0.6 is 0 Å². The van der Waals surface area contributed by atoms with Crippen LogP contribution in [0.15, 0.2) is 48.5 Å². The van der Waals surface area contributed by atoms with Crippen molar-refractivity contribution in [2.75, 3.05) is 20.8 Å². The lowest BCUT2D eigenvalue weighted by Gasteiger charge is -2.20. The molecule has 0 N–H and O–H groups in total. The van der Waals surface area contributed by atoms with E-state index in [9.17, 15) is 9.59 Å². The molecule has 130 valence electrons. The number of ether oxygens (including phenoxy) is 3. The quantitative estimate of drug-likeness (QED) is 0.836. The van der Waals surface area contributed by atoms with E-state index in [1.807, 2.05) is 30.3 Å². The Bertz CT molecular complexity index is 775. The maximum absolute atomic E-state index is 12.8. The molecular weight excluding hydrogens is 322 g/mol. The van der Waals surface area contributed by atoms with Gasteiger partial charge in [-0.1, -0.05) is 36.4 Å². The van der Waals surface area contributed by atoms with Gasteiger partial charge in [0.2, 0.25) is 5.91 Å². The predicted octanol–water partition coefficient (Wildman–Crippen LogP) is 2.97. The van der Waals surface area contributed by atoms with Crippen molar-refractivity contribution < 1.29 is 23.8 Å². The van der Waals surface area contributed by atoms with E-state index in [-0.39, 0.29) is 18.9 Å². The van der Waals surface area contributed by atoms with E-state index >= 15 is 0 Å². The zero-order chi connectivity index (χ0) is 17.8. The number of hydrogen-bond donors (Lipinski definition) is 0. The van der Waals surface area contributed by atoms with Crippen molar-refractivity contribution in [2.45, 2.75) is 12.5 Å². The molecule has 1 heterocycles. The van der Waals surface area contributed by atoms with Crippen LogP contribution in [-0.4, -0.2) is 37.7 Å². The molecule has 0 bridgehead atoms. The summed E-state index contributed by atoms with van der Waals surface area (Å²) in [6.45, 7) is 0.161. The molecule has 3 rings (SSSR count). The third-order valence-corrected chi connectivity index (χ3v) is 4.16. The van der Waals surface area contributed by atoms with Crippen molar-refractivity contribution in [3.63, 3.8) is 0 Å². The second-order valence-corrected chi connectivity index (χ2v) is 5.62. The van der Waals surface area contributed by atoms with Gasteiger partial charge in [0.05, 0.1) is 20.6 Å². The van der Waals surface area contributed by atoms with Gasteiger partial charge in [0, 0.05) is 11.6 Å². The largest absolute Gasteiger partial charge is 0.497 e. The van der Waals surface area contributed by atoms with Crippen LogP contribution < -0.4 is 9.47 Å². The second kappa shape index (κ2) is 7.25. The van der Waals surface area contributed by atoms with E-state index in [2.05, 4.69) is 0 Å². The fourth-order valence-electron chi connectivity index (χ4n) is 2.86. The van der Waals surface area contributed by atoms with Crippen molar-refractivity contribution in [3.8, 4) is 11.5 Å². The highest BCUT2D eigenvalue weighted by atomic mass is 16.6. The van der Waals surface area contributed by atoms with Gasteiger partial charge in [-0.3, -0.25) is 4.79 Å². The van der Waals surface area contributed by atoms with E-state index in [0.717, 1.165) is 5.56 Å². The zero-order valence-electron chi connectivity index (χ0n) is 14.1. The normalized spacial score (nSPS) is 16.5. The first kappa shape index (κ1) is 16.8. The molecule has 1 fully saturated rings. The van der Waals surface area contributed by atoms with E-state index < -0.39 is 12.1 Å². The van der Waals surface area contributed by atoms with Gasteiger partial charge in [0.15, 0.2) is 0 Å². The van der Waals surface area contributed by atoms with Gasteiger partial charge < -0.3 is 14.2 Å². The van der Waals surface area contributed by atoms with Crippen molar-refractivity contribution in [1.82, 2.24) is 4.90 Å². The Labute approximate surface area is 145 Å². The Morgan fingerprint density at radius 2 is 1.92 bits per heavy atom. The molecule has 0 radical (unpaired) electrons. The first-order chi connectivity index (χ1) is 12.1. The summed E-state index contributed by atoms with van der Waals surface area (Å²) in [7, 11) is 3.09. The highest BCUT2D eigenvalue weighted by Gasteiger charge is 2.38. The summed E-state index contributed by atoms with van der Waals surface area (Å²) in [5.74, 6) is 0.840. The lowest BCUT2D eigenvalue weighted by Crippen LogP contribution is -2.35. The number of amides is 2. The summed E-state index contributed by atoms with van der Waals surface area (Å²) in [6, 6.07) is 14.2. The molecule has 0 aliphatic carbocycles. The molecule has 2 aromatic carbocycles. The summed E-state index contributed by atoms with van der Waals surface area (Å²) < 4.78 is 15.6. The van der Waals surface area contributed by atoms with Gasteiger partial charge in [-0.2, -0.15) is 0 Å². The molecule has 0 aromatic heterocycles. The Morgan fingerprint density at radius 1 is 1.16 bits per heavy atom. The predicted molar refractivity (Wildman–Crippen MR) is 90.6 cm³/mol. The summed E-state index contributed by atoms with van der Waals surface area (Å²) >= 11 is 0. The number of nitrogens with zero attached hydrogens (tertiary/aromatic N) is 1. The molecule has 2 amide bonds. The van der Waals surface area contributed by atoms with Gasteiger partial charge in [0.1, 0.15) is 24.1 Å². The summed E-state index contributed by atoms with van der Waals surface area (Å²) in [4.78, 5) is 26.0. The first-order valence-corrected chi connectivity index (χ1v) is 7.88. The SMILES string of the molecule is COc1ccc(CC(=O)N2C(=O)OC[C@H]2c2ccccc2)c(OC)c1. The Kier molecular flexibility index (Phi) is 4.88. The van der Waals surface area contributed by atoms with Crippen LogP contribution in [0.4, 0.5) is 4.79 Å². The summed E-state index contributed by atoms with van der Waals surface area (Å²) in [5, 5.41) is 0. The van der Waals surface area contributed by atoms with E-state index in [4.69, 9.17) is 14.2 Å². The Morgan fingerprint density at radius 3 is 2.60 bits per heavy atom. The van der Waals surface area contributed by atoms with Crippen molar-refractivity contribution in [2.24, 2.45) is 0 Å². The number of rotatable bonds is 5. The molecule has 0 spiro atoms. The molecule has 6 heteroatoms. The van der Waals surface area contributed by atoms with Crippen molar-refractivity contribution >= 4 is 12.0 Å². The molecule has 2 aromatic rings. The molecule has 25 heavy (non-hydrogen) atoms. The standard InChI is InChI=1S/C19H19NO5/c1-23-15-9-8-14(17(11-15)24-2)10-18(21)20-16(12-25-19(20)22)13-6-4-3-5-7-13/h3-9,11,16H,10,12H2,1-2H3/t16-/m0/s1. The monoisotopic (exact) mass is 341 g/mol. The molecule has 1 aliphatic heterocycles. The smallest absolute Gasteiger partial charge is 0.417 e. The lowest BCUT2D eigenvalue weighted by molar-refractivity contribution is -0.128. The third-order valence-electron chi connectivity index (χ3n) is 4.16. The zero-order valence-corrected chi connectivity index (χ0v) is 14.1. The molecule has 0 unspecified atom stereocenters. The summed E-state index contributed by atoms with van der Waals surface area (Å²) in [6.07, 6.45) is -0.586. The maximum Gasteiger partial charge on any atom is 0.417 e. The molecular formula is C19H19NO5. The number of hydrogen-bond acceptors (Lipinski definition) is 5. The first-order valence-electron chi connectivity index (χ1n) is 7.88. The van der Waals surface area contributed by atoms with Crippen LogP contribution in [0.3, 0.4) is 0 Å². The molecule has 6 nitrogen and oxygen atoms in total. The molecule has 1 aliphatic rings. The number of carbonyl (C=O) groups is 2. The summed E-state index contributed by atoms with van der Waals surface area (Å²) in [5.41, 5.74) is 1.54. The van der Waals surface area contributed by atoms with Crippen molar-refractivity contribution in [3.05, 3.63) is 59.7 Å². The topological polar surface area (TPSA) is 65.1 Å². The van der Waals surface area contributed by atoms with Crippen LogP contribution in [-0.2, 0) is 16.0 Å². The number of imide groups is 1. The van der Waals surface area contributed by atoms with Crippen molar-refractivity contribution in [1.29, 1.82) is 0 Å². The fourth-order valence-corrected chi connectivity index (χ4v) is 2.86. The van der Waals surface area contributed by atoms with Gasteiger partial charge in [0.25, 0.3) is 0 Å². The molecule has 1 atom stereocenters. The number of cyclic esters (lactones) is 1. The second-order valence-electron chi connectivity index (χ2n) is 5.62. The lowest BCUT2D eigenvalue weighted by atomic mass is 10.1. The Balaban J connectivity index is 1.83. The fraction of sp³-hybridized carbons (Fsp3) is 0.263. The maximum atomic E-state index is 12.8. The van der Waals surface area contributed by atoms with Crippen LogP contribution in [0.2, 0.25) is 0 Å². The number of benzene rings is 2. The number of methoxy groups -OCH3 is 2. The average Bonchev–Trinajstić information content (AvgIpc) is 3.04. The third kappa shape index (κ3) is 3.42. The average molecular weight is 341 g/mol. The van der Waals surface area contributed by atoms with Gasteiger partial charge in [-0.05, 0) is 11.6 Å². The van der Waals surface area contributed by atoms with Crippen LogP contribution in [0.25, 0.3) is 0 Å². The van der Waals surface area contributed by atoms with Gasteiger partial charge in [-0.25, -0.2) is 9.69 Å². The molecule has 0 saturated carbocycles. The molecule has 1 saturated heterocycles. The Hall–Kier alpha value is -3.02. The van der Waals surface area contributed by atoms with E-state index in [1.54, 1.807) is 25.3 Å². The minimum atomic E-state index is -0.619. The van der Waals surface area contributed by atoms with Crippen LogP contribution in [0.5, 0.6) is 11.5 Å². The highest BCUT2D eigenvalue weighted by molar-refractivity contribution is 5.95. The van der Waals surface area contributed by atoms with Gasteiger partial charge >= 0.3 is 6.09 Å². The van der Waals surface area contributed by atoms with Gasteiger partial charge in [-0.15, -0.1) is 0 Å². The van der Waals surface area contributed by atoms with Crippen LogP contribution in [0, 0.1) is 0 Å². The number of carbonyl (C=O) groups excluding carboxylic acids is 2. The highest BCUT2D eigenvalue weighted by Crippen LogP contribution is 2.30.